The van der Waals surface area contributed by atoms with E-state index in [9.17, 15) is 0 Å². The number of nitrogens with two attached hydrogens (primary N) is 1. The third-order valence-electron chi connectivity index (χ3n) is 3.33. The van der Waals surface area contributed by atoms with Gasteiger partial charge >= 0.3 is 0 Å². The summed E-state index contributed by atoms with van der Waals surface area (Å²) < 4.78 is 0. The van der Waals surface area contributed by atoms with Gasteiger partial charge in [-0.1, -0.05) is 32.6 Å². The smallest absolute Gasteiger partial charge is 0.0154 e. The summed E-state index contributed by atoms with van der Waals surface area (Å²) in [4.78, 5) is 0. The van der Waals surface area contributed by atoms with Crippen LogP contribution in [0.2, 0.25) is 0 Å². The molecule has 1 fully saturated rings. The van der Waals surface area contributed by atoms with Gasteiger partial charge < -0.3 is 5.73 Å². The van der Waals surface area contributed by atoms with E-state index in [1.807, 2.05) is 0 Å². The highest BCUT2D eigenvalue weighted by Crippen LogP contribution is 2.33. The van der Waals surface area contributed by atoms with E-state index in [1.165, 1.54) is 44.9 Å². The molecule has 0 aromatic carbocycles. The lowest BCUT2D eigenvalue weighted by atomic mass is 9.74. The highest BCUT2D eigenvalue weighted by atomic mass is 14.7. The largest absolute Gasteiger partial charge is 0.325 e. The summed E-state index contributed by atoms with van der Waals surface area (Å²) in [7, 11) is 0. The number of hydrogen-bond acceptors (Lipinski definition) is 1. The fraction of sp³-hybridized carbons (Fsp3) is 1.00. The summed E-state index contributed by atoms with van der Waals surface area (Å²) >= 11 is 0. The lowest BCUT2D eigenvalue weighted by Gasteiger charge is -2.36. The van der Waals surface area contributed by atoms with Crippen LogP contribution in [0.3, 0.4) is 0 Å². The molecule has 0 aromatic rings. The lowest BCUT2D eigenvalue weighted by molar-refractivity contribution is 0.209. The van der Waals surface area contributed by atoms with Crippen molar-refractivity contribution in [2.75, 3.05) is 0 Å². The van der Waals surface area contributed by atoms with E-state index in [2.05, 4.69) is 13.8 Å². The minimum absolute atomic E-state index is 0.120. The first-order valence-electron chi connectivity index (χ1n) is 5.45. The second-order valence-electron chi connectivity index (χ2n) is 4.59. The number of hydrogen-bond donors (Lipinski definition) is 1. The van der Waals surface area contributed by atoms with Crippen LogP contribution in [-0.4, -0.2) is 5.54 Å². The Hall–Kier alpha value is -0.0400. The lowest BCUT2D eigenvalue weighted by Crippen LogP contribution is -2.44. The Bertz CT molecular complexity index is 123. The minimum Gasteiger partial charge on any atom is -0.325 e. The molecule has 1 heteroatoms. The Balaban J connectivity index is 2.41. The molecule has 2 N–H and O–H groups in total. The third-order valence-corrected chi connectivity index (χ3v) is 3.33. The normalized spacial score (nSPS) is 25.2. The fourth-order valence-electron chi connectivity index (χ4n) is 2.50. The van der Waals surface area contributed by atoms with E-state index >= 15 is 0 Å². The Morgan fingerprint density at radius 2 is 1.83 bits per heavy atom. The van der Waals surface area contributed by atoms with Gasteiger partial charge in [0.15, 0.2) is 0 Å². The maximum Gasteiger partial charge on any atom is 0.0154 e. The van der Waals surface area contributed by atoms with Gasteiger partial charge in [0.2, 0.25) is 0 Å². The summed E-state index contributed by atoms with van der Waals surface area (Å²) in [5.74, 6) is 0.797. The van der Waals surface area contributed by atoms with Gasteiger partial charge in [0.05, 0.1) is 0 Å². The van der Waals surface area contributed by atoms with Crippen molar-refractivity contribution in [2.45, 2.75) is 64.3 Å². The molecule has 0 aromatic heterocycles. The van der Waals surface area contributed by atoms with Crippen molar-refractivity contribution in [3.05, 3.63) is 0 Å². The molecule has 1 aliphatic carbocycles. The standard InChI is InChI=1S/C11H23N/c1-3-9-11(2,12)10-7-5-4-6-8-10/h10H,3-9,12H2,1-2H3. The Kier molecular flexibility index (Phi) is 3.57. The molecule has 0 bridgehead atoms. The second kappa shape index (κ2) is 4.27. The maximum absolute atomic E-state index is 6.30. The molecule has 72 valence electrons. The van der Waals surface area contributed by atoms with Gasteiger partial charge in [-0.15, -0.1) is 0 Å². The van der Waals surface area contributed by atoms with Crippen molar-refractivity contribution in [1.82, 2.24) is 0 Å². The predicted molar refractivity (Wildman–Crippen MR) is 54.1 cm³/mol. The molecule has 1 rings (SSSR count). The van der Waals surface area contributed by atoms with Gasteiger partial charge in [-0.05, 0) is 32.1 Å². The molecule has 1 nitrogen and oxygen atoms in total. The molecule has 1 saturated carbocycles. The maximum atomic E-state index is 6.30. The van der Waals surface area contributed by atoms with Gasteiger partial charge in [-0.25, -0.2) is 0 Å². The summed E-state index contributed by atoms with van der Waals surface area (Å²) in [6.07, 6.45) is 9.39. The van der Waals surface area contributed by atoms with Crippen LogP contribution in [0, 0.1) is 5.92 Å². The van der Waals surface area contributed by atoms with Crippen molar-refractivity contribution in [2.24, 2.45) is 11.7 Å². The van der Waals surface area contributed by atoms with E-state index in [4.69, 9.17) is 5.73 Å². The van der Waals surface area contributed by atoms with E-state index in [0.29, 0.717) is 0 Å². The molecule has 0 spiro atoms. The Morgan fingerprint density at radius 3 is 2.33 bits per heavy atom. The molecule has 1 aliphatic rings. The molecule has 1 atom stereocenters. The van der Waals surface area contributed by atoms with E-state index < -0.39 is 0 Å². The van der Waals surface area contributed by atoms with Crippen LogP contribution in [0.25, 0.3) is 0 Å². The van der Waals surface area contributed by atoms with Gasteiger partial charge in [0.1, 0.15) is 0 Å². The van der Waals surface area contributed by atoms with Gasteiger partial charge in [0, 0.05) is 5.54 Å². The second-order valence-corrected chi connectivity index (χ2v) is 4.59. The average Bonchev–Trinajstić information content (AvgIpc) is 2.06. The SMILES string of the molecule is CCCC(C)(N)C1CCCCC1. The van der Waals surface area contributed by atoms with Crippen LogP contribution < -0.4 is 5.73 Å². The Morgan fingerprint density at radius 1 is 1.25 bits per heavy atom. The molecule has 0 radical (unpaired) electrons. The van der Waals surface area contributed by atoms with Crippen LogP contribution in [0.4, 0.5) is 0 Å². The fourth-order valence-corrected chi connectivity index (χ4v) is 2.50. The number of rotatable bonds is 3. The zero-order valence-electron chi connectivity index (χ0n) is 8.60. The van der Waals surface area contributed by atoms with Crippen molar-refractivity contribution in [3.8, 4) is 0 Å². The van der Waals surface area contributed by atoms with Crippen LogP contribution in [0.1, 0.15) is 58.8 Å². The summed E-state index contributed by atoms with van der Waals surface area (Å²) in [5.41, 5.74) is 6.42. The summed E-state index contributed by atoms with van der Waals surface area (Å²) in [6.45, 7) is 4.47. The molecule has 12 heavy (non-hydrogen) atoms. The van der Waals surface area contributed by atoms with Crippen molar-refractivity contribution in [1.29, 1.82) is 0 Å². The Labute approximate surface area is 76.7 Å². The van der Waals surface area contributed by atoms with Gasteiger partial charge in [-0.2, -0.15) is 0 Å². The molecule has 0 heterocycles. The highest BCUT2D eigenvalue weighted by molar-refractivity contribution is 4.87. The molecule has 0 saturated heterocycles. The van der Waals surface area contributed by atoms with Crippen LogP contribution in [-0.2, 0) is 0 Å². The first-order chi connectivity index (χ1) is 5.67. The molecular formula is C11H23N. The van der Waals surface area contributed by atoms with Crippen LogP contribution in [0.15, 0.2) is 0 Å². The molecular weight excluding hydrogens is 146 g/mol. The van der Waals surface area contributed by atoms with Crippen LogP contribution in [0.5, 0.6) is 0 Å². The van der Waals surface area contributed by atoms with Crippen LogP contribution >= 0.6 is 0 Å². The highest BCUT2D eigenvalue weighted by Gasteiger charge is 2.29. The zero-order chi connectivity index (χ0) is 9.03. The van der Waals surface area contributed by atoms with E-state index in [0.717, 1.165) is 5.92 Å². The quantitative estimate of drug-likeness (QED) is 0.690. The van der Waals surface area contributed by atoms with Crippen molar-refractivity contribution in [3.63, 3.8) is 0 Å². The zero-order valence-corrected chi connectivity index (χ0v) is 8.60. The molecule has 1 unspecified atom stereocenters. The molecule has 0 amide bonds. The van der Waals surface area contributed by atoms with Crippen molar-refractivity contribution >= 4 is 0 Å². The van der Waals surface area contributed by atoms with Crippen molar-refractivity contribution < 1.29 is 0 Å². The van der Waals surface area contributed by atoms with Gasteiger partial charge in [-0.3, -0.25) is 0 Å². The molecule has 0 aliphatic heterocycles. The van der Waals surface area contributed by atoms with Gasteiger partial charge in [0.25, 0.3) is 0 Å². The predicted octanol–water partition coefficient (Wildman–Crippen LogP) is 3.08. The monoisotopic (exact) mass is 169 g/mol. The summed E-state index contributed by atoms with van der Waals surface area (Å²) in [6, 6.07) is 0. The average molecular weight is 169 g/mol. The summed E-state index contributed by atoms with van der Waals surface area (Å²) in [5, 5.41) is 0. The first-order valence-corrected chi connectivity index (χ1v) is 5.45. The topological polar surface area (TPSA) is 26.0 Å². The first kappa shape index (κ1) is 10.0. The third kappa shape index (κ3) is 2.48. The minimum atomic E-state index is 0.120. The van der Waals surface area contributed by atoms with E-state index in [1.54, 1.807) is 0 Å². The van der Waals surface area contributed by atoms with E-state index in [-0.39, 0.29) is 5.54 Å².